The molecule has 0 saturated carbocycles. The highest BCUT2D eigenvalue weighted by atomic mass is 14.5. The molecule has 2 rings (SSSR count). The molecule has 0 bridgehead atoms. The molecule has 1 heteroatoms. The number of nitrogens with two attached hydrogens (primary N) is 1. The summed E-state index contributed by atoms with van der Waals surface area (Å²) < 4.78 is 0. The summed E-state index contributed by atoms with van der Waals surface area (Å²) in [4.78, 5) is 0. The van der Waals surface area contributed by atoms with Crippen LogP contribution in [0.15, 0.2) is 60.7 Å². The molecule has 2 aromatic rings. The van der Waals surface area contributed by atoms with E-state index in [9.17, 15) is 0 Å². The van der Waals surface area contributed by atoms with Crippen LogP contribution < -0.4 is 5.73 Å². The Balaban J connectivity index is 2.08. The molecule has 21 heavy (non-hydrogen) atoms. The molecule has 0 saturated heterocycles. The summed E-state index contributed by atoms with van der Waals surface area (Å²) in [7, 11) is 0. The van der Waals surface area contributed by atoms with E-state index < -0.39 is 0 Å². The maximum atomic E-state index is 5.66. The smallest absolute Gasteiger partial charge is 0.00721 e. The van der Waals surface area contributed by atoms with Crippen molar-refractivity contribution in [3.8, 4) is 0 Å². The monoisotopic (exact) mass is 281 g/mol. The highest BCUT2D eigenvalue weighted by Crippen LogP contribution is 2.34. The van der Waals surface area contributed by atoms with Gasteiger partial charge in [0.25, 0.3) is 0 Å². The SMILES string of the molecule is CC(CCCCN)(CCc1ccccc1)c1ccccc1. The summed E-state index contributed by atoms with van der Waals surface area (Å²) in [5, 5.41) is 0. The minimum atomic E-state index is 0.242. The second kappa shape index (κ2) is 7.99. The standard InChI is InChI=1S/C20H27N/c1-20(15-8-9-17-21,19-12-6-3-7-13-19)16-14-18-10-4-2-5-11-18/h2-7,10-13H,8-9,14-17,21H2,1H3. The molecule has 0 aromatic heterocycles. The molecule has 0 amide bonds. The van der Waals surface area contributed by atoms with Crippen LogP contribution in [0.4, 0.5) is 0 Å². The van der Waals surface area contributed by atoms with Gasteiger partial charge in [-0.25, -0.2) is 0 Å². The lowest BCUT2D eigenvalue weighted by Gasteiger charge is -2.31. The van der Waals surface area contributed by atoms with E-state index in [1.807, 2.05) is 0 Å². The van der Waals surface area contributed by atoms with E-state index in [1.165, 1.54) is 30.4 Å². The Morgan fingerprint density at radius 1 is 0.810 bits per heavy atom. The van der Waals surface area contributed by atoms with Gasteiger partial charge in [-0.3, -0.25) is 0 Å². The molecule has 2 N–H and O–H groups in total. The third kappa shape index (κ3) is 4.71. The van der Waals surface area contributed by atoms with Gasteiger partial charge in [-0.1, -0.05) is 74.0 Å². The molecule has 0 aliphatic carbocycles. The summed E-state index contributed by atoms with van der Waals surface area (Å²) in [6.07, 6.45) is 5.85. The van der Waals surface area contributed by atoms with Crippen molar-refractivity contribution in [2.75, 3.05) is 6.54 Å². The zero-order valence-corrected chi connectivity index (χ0v) is 13.1. The van der Waals surface area contributed by atoms with Crippen molar-refractivity contribution in [1.82, 2.24) is 0 Å². The Kier molecular flexibility index (Phi) is 6.01. The third-order valence-electron chi connectivity index (χ3n) is 4.46. The van der Waals surface area contributed by atoms with Crippen molar-refractivity contribution >= 4 is 0 Å². The van der Waals surface area contributed by atoms with Crippen LogP contribution in [0, 0.1) is 0 Å². The van der Waals surface area contributed by atoms with Gasteiger partial charge in [-0.05, 0) is 48.8 Å². The molecule has 1 unspecified atom stereocenters. The predicted octanol–water partition coefficient (Wildman–Crippen LogP) is 4.71. The van der Waals surface area contributed by atoms with Gasteiger partial charge in [-0.15, -0.1) is 0 Å². The van der Waals surface area contributed by atoms with E-state index in [4.69, 9.17) is 5.73 Å². The first-order valence-corrected chi connectivity index (χ1v) is 8.04. The number of rotatable bonds is 8. The van der Waals surface area contributed by atoms with Crippen molar-refractivity contribution in [3.63, 3.8) is 0 Å². The number of unbranched alkanes of at least 4 members (excludes halogenated alkanes) is 1. The van der Waals surface area contributed by atoms with Gasteiger partial charge in [0.05, 0.1) is 0 Å². The minimum absolute atomic E-state index is 0.242. The normalized spacial score (nSPS) is 13.8. The quantitative estimate of drug-likeness (QED) is 0.697. The Morgan fingerprint density at radius 3 is 2.05 bits per heavy atom. The van der Waals surface area contributed by atoms with Crippen molar-refractivity contribution in [2.45, 2.75) is 44.4 Å². The summed E-state index contributed by atoms with van der Waals surface area (Å²) in [6.45, 7) is 3.20. The van der Waals surface area contributed by atoms with E-state index in [-0.39, 0.29) is 5.41 Å². The maximum Gasteiger partial charge on any atom is -0.00721 e. The van der Waals surface area contributed by atoms with Gasteiger partial charge in [-0.2, -0.15) is 0 Å². The van der Waals surface area contributed by atoms with Crippen molar-refractivity contribution < 1.29 is 0 Å². The van der Waals surface area contributed by atoms with Gasteiger partial charge in [0.2, 0.25) is 0 Å². The molecule has 112 valence electrons. The van der Waals surface area contributed by atoms with Crippen LogP contribution in [-0.2, 0) is 11.8 Å². The lowest BCUT2D eigenvalue weighted by molar-refractivity contribution is 0.385. The fourth-order valence-corrected chi connectivity index (χ4v) is 2.98. The average Bonchev–Trinajstić information content (AvgIpc) is 2.55. The third-order valence-corrected chi connectivity index (χ3v) is 4.46. The summed E-state index contributed by atoms with van der Waals surface area (Å²) in [5.74, 6) is 0. The zero-order valence-electron chi connectivity index (χ0n) is 13.1. The molecular formula is C20H27N. The molecule has 0 heterocycles. The molecule has 1 nitrogen and oxygen atoms in total. The molecule has 0 radical (unpaired) electrons. The molecule has 0 spiro atoms. The molecule has 0 aliphatic heterocycles. The van der Waals surface area contributed by atoms with Crippen molar-refractivity contribution in [1.29, 1.82) is 0 Å². The molecule has 1 atom stereocenters. The Morgan fingerprint density at radius 2 is 1.43 bits per heavy atom. The highest BCUT2D eigenvalue weighted by molar-refractivity contribution is 5.25. The van der Waals surface area contributed by atoms with Gasteiger partial charge >= 0.3 is 0 Å². The Hall–Kier alpha value is -1.60. The largest absolute Gasteiger partial charge is 0.330 e. The van der Waals surface area contributed by atoms with Crippen LogP contribution in [0.25, 0.3) is 0 Å². The number of aryl methyl sites for hydroxylation is 1. The van der Waals surface area contributed by atoms with Crippen LogP contribution in [0.2, 0.25) is 0 Å². The number of hydrogen-bond acceptors (Lipinski definition) is 1. The van der Waals surface area contributed by atoms with Crippen LogP contribution in [-0.4, -0.2) is 6.54 Å². The second-order valence-corrected chi connectivity index (χ2v) is 6.16. The maximum absolute atomic E-state index is 5.66. The van der Waals surface area contributed by atoms with Crippen LogP contribution in [0.3, 0.4) is 0 Å². The first-order valence-electron chi connectivity index (χ1n) is 8.04. The van der Waals surface area contributed by atoms with Gasteiger partial charge < -0.3 is 5.73 Å². The lowest BCUT2D eigenvalue weighted by Crippen LogP contribution is -2.23. The van der Waals surface area contributed by atoms with Crippen molar-refractivity contribution in [2.24, 2.45) is 5.73 Å². The zero-order chi connectivity index (χ0) is 15.0. The Labute approximate surface area is 129 Å². The van der Waals surface area contributed by atoms with E-state index in [0.29, 0.717) is 0 Å². The molecule has 0 aliphatic rings. The summed E-state index contributed by atoms with van der Waals surface area (Å²) in [6, 6.07) is 21.7. The average molecular weight is 281 g/mol. The highest BCUT2D eigenvalue weighted by Gasteiger charge is 2.25. The molecular weight excluding hydrogens is 254 g/mol. The van der Waals surface area contributed by atoms with E-state index >= 15 is 0 Å². The number of hydrogen-bond donors (Lipinski definition) is 1. The fourth-order valence-electron chi connectivity index (χ4n) is 2.98. The van der Waals surface area contributed by atoms with Crippen LogP contribution >= 0.6 is 0 Å². The van der Waals surface area contributed by atoms with Crippen molar-refractivity contribution in [3.05, 3.63) is 71.8 Å². The topological polar surface area (TPSA) is 26.0 Å². The van der Waals surface area contributed by atoms with Gasteiger partial charge in [0, 0.05) is 0 Å². The van der Waals surface area contributed by atoms with Crippen LogP contribution in [0.1, 0.15) is 43.7 Å². The van der Waals surface area contributed by atoms with Gasteiger partial charge in [0.15, 0.2) is 0 Å². The minimum Gasteiger partial charge on any atom is -0.330 e. The molecule has 2 aromatic carbocycles. The Bertz CT molecular complexity index is 506. The van der Waals surface area contributed by atoms with Crippen LogP contribution in [0.5, 0.6) is 0 Å². The first-order chi connectivity index (χ1) is 10.2. The summed E-state index contributed by atoms with van der Waals surface area (Å²) >= 11 is 0. The second-order valence-electron chi connectivity index (χ2n) is 6.16. The lowest BCUT2D eigenvalue weighted by atomic mass is 9.74. The first kappa shape index (κ1) is 15.8. The van der Waals surface area contributed by atoms with E-state index in [2.05, 4.69) is 67.6 Å². The van der Waals surface area contributed by atoms with E-state index in [0.717, 1.165) is 19.4 Å². The van der Waals surface area contributed by atoms with Gasteiger partial charge in [0.1, 0.15) is 0 Å². The summed E-state index contributed by atoms with van der Waals surface area (Å²) in [5.41, 5.74) is 8.79. The van der Waals surface area contributed by atoms with E-state index in [1.54, 1.807) is 0 Å². The molecule has 0 fully saturated rings. The number of benzene rings is 2. The fraction of sp³-hybridized carbons (Fsp3) is 0.400. The predicted molar refractivity (Wildman–Crippen MR) is 91.5 cm³/mol.